The van der Waals surface area contributed by atoms with Crippen molar-refractivity contribution in [2.75, 3.05) is 20.8 Å². The van der Waals surface area contributed by atoms with Crippen molar-refractivity contribution in [2.24, 2.45) is 0 Å². The Hall–Kier alpha value is -3.61. The van der Waals surface area contributed by atoms with Crippen molar-refractivity contribution in [1.82, 2.24) is 9.78 Å². The van der Waals surface area contributed by atoms with Crippen molar-refractivity contribution in [3.05, 3.63) is 65.9 Å². The lowest BCUT2D eigenvalue weighted by Crippen LogP contribution is -2.14. The van der Waals surface area contributed by atoms with Crippen molar-refractivity contribution < 1.29 is 23.8 Å². The van der Waals surface area contributed by atoms with Gasteiger partial charge in [-0.3, -0.25) is 9.48 Å². The topological polar surface area (TPSA) is 79.7 Å². The van der Waals surface area contributed by atoms with E-state index in [2.05, 4.69) is 5.10 Å². The lowest BCUT2D eigenvalue weighted by molar-refractivity contribution is 0.0517. The Kier molecular flexibility index (Phi) is 6.29. The number of aromatic nitrogens is 2. The van der Waals surface area contributed by atoms with Gasteiger partial charge in [0.2, 0.25) is 0 Å². The fraction of sp³-hybridized carbons (Fsp3) is 0.227. The second-order valence-electron chi connectivity index (χ2n) is 6.17. The average molecular weight is 394 g/mol. The lowest BCUT2D eigenvalue weighted by atomic mass is 10.1. The van der Waals surface area contributed by atoms with Crippen molar-refractivity contribution >= 4 is 11.8 Å². The van der Waals surface area contributed by atoms with Crippen molar-refractivity contribution in [1.29, 1.82) is 0 Å². The molecule has 0 N–H and O–H groups in total. The predicted octanol–water partition coefficient (Wildman–Crippen LogP) is 3.63. The van der Waals surface area contributed by atoms with Crippen LogP contribution in [0.15, 0.2) is 54.6 Å². The molecule has 0 amide bonds. The van der Waals surface area contributed by atoms with Gasteiger partial charge in [0.1, 0.15) is 18.0 Å². The van der Waals surface area contributed by atoms with Crippen LogP contribution in [-0.2, 0) is 11.3 Å². The maximum absolute atomic E-state index is 12.8. The van der Waals surface area contributed by atoms with E-state index >= 15 is 0 Å². The standard InChI is InChI=1S/C22H22N2O5/c1-4-29-22(26)19-13-20(15-5-9-17(27-2)10-6-15)24(23-19)14-21(25)16-7-11-18(28-3)12-8-16/h5-13H,4,14H2,1-3H3. The van der Waals surface area contributed by atoms with E-state index in [0.29, 0.717) is 22.8 Å². The summed E-state index contributed by atoms with van der Waals surface area (Å²) in [6, 6.07) is 15.8. The smallest absolute Gasteiger partial charge is 0.358 e. The Morgan fingerprint density at radius 2 is 1.52 bits per heavy atom. The monoisotopic (exact) mass is 394 g/mol. The molecule has 0 spiro atoms. The molecule has 2 aromatic carbocycles. The minimum atomic E-state index is -0.530. The molecule has 0 atom stereocenters. The zero-order chi connectivity index (χ0) is 20.8. The third-order valence-electron chi connectivity index (χ3n) is 4.36. The number of carbonyl (C=O) groups excluding carboxylic acids is 2. The van der Waals surface area contributed by atoms with E-state index in [4.69, 9.17) is 14.2 Å². The number of carbonyl (C=O) groups is 2. The number of ether oxygens (including phenoxy) is 3. The minimum Gasteiger partial charge on any atom is -0.497 e. The summed E-state index contributed by atoms with van der Waals surface area (Å²) < 4.78 is 16.9. The van der Waals surface area contributed by atoms with Crippen LogP contribution in [0.4, 0.5) is 0 Å². The summed E-state index contributed by atoms with van der Waals surface area (Å²) in [6.07, 6.45) is 0. The van der Waals surface area contributed by atoms with Crippen LogP contribution in [0.5, 0.6) is 11.5 Å². The van der Waals surface area contributed by atoms with E-state index in [-0.39, 0.29) is 24.6 Å². The van der Waals surface area contributed by atoms with Gasteiger partial charge in [0, 0.05) is 11.1 Å². The molecule has 3 aromatic rings. The Balaban J connectivity index is 1.93. The first kappa shape index (κ1) is 20.1. The highest BCUT2D eigenvalue weighted by atomic mass is 16.5. The zero-order valence-electron chi connectivity index (χ0n) is 16.5. The van der Waals surface area contributed by atoms with Gasteiger partial charge in [0.25, 0.3) is 0 Å². The van der Waals surface area contributed by atoms with E-state index in [1.807, 2.05) is 24.3 Å². The Morgan fingerprint density at radius 3 is 2.07 bits per heavy atom. The Morgan fingerprint density at radius 1 is 0.931 bits per heavy atom. The summed E-state index contributed by atoms with van der Waals surface area (Å²) in [5, 5.41) is 4.31. The molecule has 1 aromatic heterocycles. The summed E-state index contributed by atoms with van der Waals surface area (Å²) in [6.45, 7) is 1.95. The number of hydrogen-bond acceptors (Lipinski definition) is 6. The van der Waals surface area contributed by atoms with Crippen LogP contribution in [0.25, 0.3) is 11.3 Å². The molecule has 0 saturated carbocycles. The number of rotatable bonds is 8. The van der Waals surface area contributed by atoms with Gasteiger partial charge in [-0.2, -0.15) is 5.10 Å². The molecule has 0 aliphatic heterocycles. The molecule has 0 unspecified atom stereocenters. The van der Waals surface area contributed by atoms with Gasteiger partial charge in [-0.15, -0.1) is 0 Å². The summed E-state index contributed by atoms with van der Waals surface area (Å²) in [4.78, 5) is 24.9. The highest BCUT2D eigenvalue weighted by Gasteiger charge is 2.19. The van der Waals surface area contributed by atoms with Gasteiger partial charge in [-0.05, 0) is 61.5 Å². The minimum absolute atomic E-state index is 0.0207. The summed E-state index contributed by atoms with van der Waals surface area (Å²) in [5.41, 5.74) is 2.12. The number of nitrogens with zero attached hydrogens (tertiary/aromatic N) is 2. The summed E-state index contributed by atoms with van der Waals surface area (Å²) in [7, 11) is 3.16. The van der Waals surface area contributed by atoms with Crippen molar-refractivity contribution in [3.8, 4) is 22.8 Å². The van der Waals surface area contributed by atoms with Crippen LogP contribution in [0.3, 0.4) is 0 Å². The molecule has 0 bridgehead atoms. The molecule has 7 nitrogen and oxygen atoms in total. The molecule has 0 aliphatic carbocycles. The third-order valence-corrected chi connectivity index (χ3v) is 4.36. The van der Waals surface area contributed by atoms with Crippen molar-refractivity contribution in [3.63, 3.8) is 0 Å². The number of ketones is 1. The maximum Gasteiger partial charge on any atom is 0.358 e. The zero-order valence-corrected chi connectivity index (χ0v) is 16.5. The van der Waals surface area contributed by atoms with Gasteiger partial charge in [-0.25, -0.2) is 4.79 Å². The van der Waals surface area contributed by atoms with Gasteiger partial charge in [0.05, 0.1) is 26.5 Å². The molecule has 0 aliphatic rings. The molecule has 150 valence electrons. The van der Waals surface area contributed by atoms with Crippen LogP contribution in [0.2, 0.25) is 0 Å². The highest BCUT2D eigenvalue weighted by Crippen LogP contribution is 2.24. The first-order chi connectivity index (χ1) is 14.0. The normalized spacial score (nSPS) is 10.4. The van der Waals surface area contributed by atoms with Gasteiger partial charge >= 0.3 is 5.97 Å². The third kappa shape index (κ3) is 4.63. The van der Waals surface area contributed by atoms with E-state index in [1.165, 1.54) is 4.68 Å². The first-order valence-corrected chi connectivity index (χ1v) is 9.12. The van der Waals surface area contributed by atoms with Gasteiger partial charge in [0.15, 0.2) is 11.5 Å². The average Bonchev–Trinajstić information content (AvgIpc) is 3.18. The molecule has 0 saturated heterocycles. The number of benzene rings is 2. The van der Waals surface area contributed by atoms with Crippen LogP contribution in [0.1, 0.15) is 27.8 Å². The number of esters is 1. The van der Waals surface area contributed by atoms with Crippen molar-refractivity contribution in [2.45, 2.75) is 13.5 Å². The number of methoxy groups -OCH3 is 2. The summed E-state index contributed by atoms with van der Waals surface area (Å²) >= 11 is 0. The molecule has 7 heteroatoms. The van der Waals surface area contributed by atoms with Crippen LogP contribution in [-0.4, -0.2) is 42.4 Å². The van der Waals surface area contributed by atoms with Gasteiger partial charge in [-0.1, -0.05) is 0 Å². The predicted molar refractivity (Wildman–Crippen MR) is 107 cm³/mol. The second kappa shape index (κ2) is 9.05. The molecular weight excluding hydrogens is 372 g/mol. The number of Topliss-reactive ketones (excluding diaryl/α,β-unsaturated/α-hetero) is 1. The maximum atomic E-state index is 12.8. The molecule has 1 heterocycles. The highest BCUT2D eigenvalue weighted by molar-refractivity contribution is 5.96. The quantitative estimate of drug-likeness (QED) is 0.429. The lowest BCUT2D eigenvalue weighted by Gasteiger charge is -2.08. The summed E-state index contributed by atoms with van der Waals surface area (Å²) in [5.74, 6) is 0.711. The molecule has 29 heavy (non-hydrogen) atoms. The second-order valence-corrected chi connectivity index (χ2v) is 6.17. The van der Waals surface area contributed by atoms with Crippen LogP contribution < -0.4 is 9.47 Å². The SMILES string of the molecule is CCOC(=O)c1cc(-c2ccc(OC)cc2)n(CC(=O)c2ccc(OC)cc2)n1. The molecule has 0 fully saturated rings. The van der Waals surface area contributed by atoms with Crippen LogP contribution in [0, 0.1) is 0 Å². The fourth-order valence-electron chi connectivity index (χ4n) is 2.84. The molecule has 3 rings (SSSR count). The Bertz CT molecular complexity index is 991. The Labute approximate surface area is 168 Å². The fourth-order valence-corrected chi connectivity index (χ4v) is 2.84. The van der Waals surface area contributed by atoms with Gasteiger partial charge < -0.3 is 14.2 Å². The van der Waals surface area contributed by atoms with E-state index in [0.717, 1.165) is 5.56 Å². The molecular formula is C22H22N2O5. The van der Waals surface area contributed by atoms with Crippen LogP contribution >= 0.6 is 0 Å². The van der Waals surface area contributed by atoms with E-state index < -0.39 is 5.97 Å². The number of hydrogen-bond donors (Lipinski definition) is 0. The van der Waals surface area contributed by atoms with E-state index in [1.54, 1.807) is 51.5 Å². The first-order valence-electron chi connectivity index (χ1n) is 9.12. The largest absolute Gasteiger partial charge is 0.497 e. The molecule has 0 radical (unpaired) electrons. The van der Waals surface area contributed by atoms with E-state index in [9.17, 15) is 9.59 Å².